The van der Waals surface area contributed by atoms with Gasteiger partial charge in [0.15, 0.2) is 0 Å². The van der Waals surface area contributed by atoms with Gasteiger partial charge in [-0.05, 0) is 80.2 Å². The van der Waals surface area contributed by atoms with E-state index in [4.69, 9.17) is 0 Å². The molecule has 0 amide bonds. The van der Waals surface area contributed by atoms with Crippen LogP contribution in [0.1, 0.15) is 48.6 Å². The summed E-state index contributed by atoms with van der Waals surface area (Å²) in [5.74, 6) is 0. The molecule has 1 heterocycles. The van der Waals surface area contributed by atoms with Crippen molar-refractivity contribution in [1.29, 1.82) is 0 Å². The molecule has 1 unspecified atom stereocenters. The molecule has 0 spiro atoms. The highest BCUT2D eigenvalue weighted by Crippen LogP contribution is 2.68. The predicted molar refractivity (Wildman–Crippen MR) is 159 cm³/mol. The maximum Gasteiger partial charge on any atom is 0.0591 e. The summed E-state index contributed by atoms with van der Waals surface area (Å²) in [6.07, 6.45) is 0. The fraction of sp³-hybridized carbons (Fsp3) is 0.135. The van der Waals surface area contributed by atoms with Crippen molar-refractivity contribution in [2.45, 2.75) is 31.6 Å². The van der Waals surface area contributed by atoms with E-state index in [2.05, 4.69) is 135 Å². The van der Waals surface area contributed by atoms with Crippen molar-refractivity contribution in [1.82, 2.24) is 0 Å². The topological polar surface area (TPSA) is 3.24 Å². The number of fused-ring (bicyclic) bond motifs is 6. The van der Waals surface area contributed by atoms with E-state index in [1.54, 1.807) is 0 Å². The van der Waals surface area contributed by atoms with Crippen LogP contribution >= 0.6 is 0 Å². The zero-order valence-electron chi connectivity index (χ0n) is 21.8. The molecule has 1 nitrogen and oxygen atoms in total. The van der Waals surface area contributed by atoms with Gasteiger partial charge in [-0.2, -0.15) is 0 Å². The number of nitrogens with zero attached hydrogens (tertiary/aromatic N) is 1. The number of rotatable bonds is 1. The lowest BCUT2D eigenvalue weighted by molar-refractivity contribution is 0.649. The Kier molecular flexibility index (Phi) is 3.56. The smallest absolute Gasteiger partial charge is 0.0591 e. The average Bonchev–Trinajstić information content (AvgIpc) is 3.23. The van der Waals surface area contributed by atoms with Gasteiger partial charge in [-0.15, -0.1) is 0 Å². The number of benzene rings is 6. The standard InChI is InChI=1S/C37H27N/c1-36(2)27-18-11-12-22-20-21-28-31(30(22)27)32-33(36)24-15-7-8-16-25(24)35-34(32)37(28,3)26-17-9-10-19-29(26)38(35)23-13-5-4-6-14-23/h4-21H,1-3H3. The molecule has 0 fully saturated rings. The largest absolute Gasteiger partial charge is 0.309 e. The first-order chi connectivity index (χ1) is 18.5. The quantitative estimate of drug-likeness (QED) is 0.224. The Balaban J connectivity index is 1.61. The third-order valence-electron chi connectivity index (χ3n) is 9.74. The van der Waals surface area contributed by atoms with Crippen molar-refractivity contribution in [3.63, 3.8) is 0 Å². The molecule has 0 radical (unpaired) electrons. The number of para-hydroxylation sites is 2. The molecule has 0 saturated heterocycles. The van der Waals surface area contributed by atoms with Gasteiger partial charge >= 0.3 is 0 Å². The van der Waals surface area contributed by atoms with Crippen LogP contribution in [0.3, 0.4) is 0 Å². The van der Waals surface area contributed by atoms with Crippen LogP contribution in [0.15, 0.2) is 109 Å². The lowest BCUT2D eigenvalue weighted by Gasteiger charge is -2.44. The van der Waals surface area contributed by atoms with Crippen LogP contribution in [-0.4, -0.2) is 0 Å². The summed E-state index contributed by atoms with van der Waals surface area (Å²) < 4.78 is 0. The van der Waals surface area contributed by atoms with Crippen LogP contribution in [-0.2, 0) is 10.8 Å². The monoisotopic (exact) mass is 485 g/mol. The SMILES string of the molecule is CC1(C)c2c3c4c(c5ccccc25)N(c2ccccc2)c2ccccc2C4(C)c2ccc4cccc1c4c2-3. The van der Waals surface area contributed by atoms with E-state index in [0.29, 0.717) is 0 Å². The summed E-state index contributed by atoms with van der Waals surface area (Å²) in [7, 11) is 0. The highest BCUT2D eigenvalue weighted by Gasteiger charge is 2.53. The van der Waals surface area contributed by atoms with Crippen molar-refractivity contribution in [2.24, 2.45) is 0 Å². The van der Waals surface area contributed by atoms with Crippen LogP contribution in [0, 0.1) is 0 Å². The van der Waals surface area contributed by atoms with Gasteiger partial charge in [0.1, 0.15) is 0 Å². The maximum absolute atomic E-state index is 2.53. The van der Waals surface area contributed by atoms with E-state index in [1.807, 2.05) is 0 Å². The Labute approximate surface area is 223 Å². The van der Waals surface area contributed by atoms with Crippen LogP contribution in [0.25, 0.3) is 32.7 Å². The highest BCUT2D eigenvalue weighted by molar-refractivity contribution is 6.18. The molecule has 6 aromatic carbocycles. The summed E-state index contributed by atoms with van der Waals surface area (Å²) in [5.41, 5.74) is 13.6. The van der Waals surface area contributed by atoms with Gasteiger partial charge in [-0.25, -0.2) is 0 Å². The second-order valence-electron chi connectivity index (χ2n) is 11.8. The van der Waals surface area contributed by atoms with Crippen molar-refractivity contribution < 1.29 is 0 Å². The lowest BCUT2D eigenvalue weighted by atomic mass is 9.66. The van der Waals surface area contributed by atoms with Crippen molar-refractivity contribution in [3.05, 3.63) is 137 Å². The fourth-order valence-electron chi connectivity index (χ4n) is 8.22. The Morgan fingerprint density at radius 3 is 2.08 bits per heavy atom. The molecule has 1 aliphatic heterocycles. The first-order valence-electron chi connectivity index (χ1n) is 13.6. The summed E-state index contributed by atoms with van der Waals surface area (Å²) in [6.45, 7) is 7.35. The maximum atomic E-state index is 2.53. The average molecular weight is 486 g/mol. The van der Waals surface area contributed by atoms with Crippen molar-refractivity contribution in [3.8, 4) is 11.1 Å². The van der Waals surface area contributed by atoms with E-state index in [1.165, 1.54) is 77.6 Å². The third-order valence-corrected chi connectivity index (χ3v) is 9.74. The molecule has 0 saturated carbocycles. The summed E-state index contributed by atoms with van der Waals surface area (Å²) >= 11 is 0. The summed E-state index contributed by atoms with van der Waals surface area (Å²) in [6, 6.07) is 40.8. The normalized spacial score (nSPS) is 19.2. The molecule has 180 valence electrons. The minimum Gasteiger partial charge on any atom is -0.309 e. The number of anilines is 3. The molecular formula is C37H27N. The van der Waals surface area contributed by atoms with Gasteiger partial charge in [0.05, 0.1) is 11.4 Å². The molecule has 0 aromatic heterocycles. The predicted octanol–water partition coefficient (Wildman–Crippen LogP) is 9.75. The molecule has 2 aliphatic carbocycles. The fourth-order valence-corrected chi connectivity index (χ4v) is 8.22. The van der Waals surface area contributed by atoms with Gasteiger partial charge in [-0.3, -0.25) is 0 Å². The van der Waals surface area contributed by atoms with Crippen LogP contribution in [0.4, 0.5) is 17.1 Å². The van der Waals surface area contributed by atoms with Crippen LogP contribution in [0.5, 0.6) is 0 Å². The second-order valence-corrected chi connectivity index (χ2v) is 11.8. The van der Waals surface area contributed by atoms with Crippen molar-refractivity contribution >= 4 is 38.6 Å². The second kappa shape index (κ2) is 6.55. The summed E-state index contributed by atoms with van der Waals surface area (Å²) in [4.78, 5) is 2.53. The number of hydrogen-bond acceptors (Lipinski definition) is 1. The third kappa shape index (κ3) is 2.11. The minimum absolute atomic E-state index is 0.116. The molecule has 0 bridgehead atoms. The Morgan fingerprint density at radius 1 is 0.526 bits per heavy atom. The summed E-state index contributed by atoms with van der Waals surface area (Å²) in [5, 5.41) is 5.49. The van der Waals surface area contributed by atoms with Gasteiger partial charge in [-0.1, -0.05) is 105 Å². The highest BCUT2D eigenvalue weighted by atomic mass is 15.2. The van der Waals surface area contributed by atoms with Gasteiger partial charge < -0.3 is 4.90 Å². The zero-order valence-corrected chi connectivity index (χ0v) is 21.8. The number of hydrogen-bond donors (Lipinski definition) is 0. The van der Waals surface area contributed by atoms with Crippen LogP contribution in [0.2, 0.25) is 0 Å². The van der Waals surface area contributed by atoms with E-state index < -0.39 is 0 Å². The van der Waals surface area contributed by atoms with E-state index in [0.717, 1.165) is 0 Å². The molecular weight excluding hydrogens is 458 g/mol. The first-order valence-corrected chi connectivity index (χ1v) is 13.6. The zero-order chi connectivity index (χ0) is 25.4. The molecule has 9 rings (SSSR count). The molecule has 1 heteroatoms. The lowest BCUT2D eigenvalue weighted by Crippen LogP contribution is -2.33. The van der Waals surface area contributed by atoms with Gasteiger partial charge in [0.25, 0.3) is 0 Å². The minimum atomic E-state index is -0.234. The molecule has 3 aliphatic rings. The Morgan fingerprint density at radius 2 is 1.24 bits per heavy atom. The van der Waals surface area contributed by atoms with Gasteiger partial charge in [0, 0.05) is 21.9 Å². The molecule has 6 aromatic rings. The van der Waals surface area contributed by atoms with E-state index in [9.17, 15) is 0 Å². The van der Waals surface area contributed by atoms with Gasteiger partial charge in [0.2, 0.25) is 0 Å². The Bertz CT molecular complexity index is 2010. The first kappa shape index (κ1) is 20.7. The molecule has 38 heavy (non-hydrogen) atoms. The van der Waals surface area contributed by atoms with Crippen LogP contribution < -0.4 is 4.90 Å². The van der Waals surface area contributed by atoms with Crippen molar-refractivity contribution in [2.75, 3.05) is 4.90 Å². The molecule has 1 atom stereocenters. The van der Waals surface area contributed by atoms with E-state index >= 15 is 0 Å². The van der Waals surface area contributed by atoms with E-state index in [-0.39, 0.29) is 10.8 Å². The molecule has 0 N–H and O–H groups in total. The Hall–Kier alpha value is -4.36.